The average Bonchev–Trinajstić information content (AvgIpc) is 2.65. The molecule has 3 rings (SSSR count). The van der Waals surface area contributed by atoms with Crippen LogP contribution in [0.15, 0.2) is 48.5 Å². The fraction of sp³-hybridized carbons (Fsp3) is 0.458. The molecule has 0 saturated carbocycles. The van der Waals surface area contributed by atoms with Crippen molar-refractivity contribution in [2.75, 3.05) is 17.1 Å². The number of carbonyl (C=O) groups excluding carboxylic acids is 1. The van der Waals surface area contributed by atoms with Gasteiger partial charge in [-0.25, -0.2) is 8.42 Å². The van der Waals surface area contributed by atoms with Crippen molar-refractivity contribution in [1.29, 1.82) is 0 Å². The largest absolute Gasteiger partial charge is 0.476 e. The lowest BCUT2D eigenvalue weighted by Gasteiger charge is -2.36. The third-order valence-corrected chi connectivity index (χ3v) is 6.48. The van der Waals surface area contributed by atoms with E-state index in [0.717, 1.165) is 17.4 Å². The predicted octanol–water partition coefficient (Wildman–Crippen LogP) is 3.65. The zero-order valence-electron chi connectivity index (χ0n) is 19.1. The minimum absolute atomic E-state index is 0.0628. The number of sulfonamides is 1. The van der Waals surface area contributed by atoms with Gasteiger partial charge in [-0.15, -0.1) is 0 Å². The maximum Gasteiger partial charge on any atom is 0.263 e. The Morgan fingerprint density at radius 3 is 2.32 bits per heavy atom. The van der Waals surface area contributed by atoms with E-state index in [4.69, 9.17) is 4.74 Å². The first-order chi connectivity index (χ1) is 14.3. The summed E-state index contributed by atoms with van der Waals surface area (Å²) in [6.07, 6.45) is 0.867. The summed E-state index contributed by atoms with van der Waals surface area (Å²) in [6, 6.07) is 15.4. The van der Waals surface area contributed by atoms with Crippen LogP contribution in [0.4, 0.5) is 5.69 Å². The van der Waals surface area contributed by atoms with Crippen molar-refractivity contribution in [2.45, 2.75) is 58.1 Å². The molecule has 2 aromatic rings. The van der Waals surface area contributed by atoms with Crippen LogP contribution in [0.2, 0.25) is 0 Å². The molecular formula is C24H32N2O4S. The summed E-state index contributed by atoms with van der Waals surface area (Å²) in [5, 5.41) is 3.03. The molecule has 2 aromatic carbocycles. The Kier molecular flexibility index (Phi) is 6.11. The van der Waals surface area contributed by atoms with Crippen LogP contribution in [0.5, 0.6) is 5.75 Å². The highest BCUT2D eigenvalue weighted by molar-refractivity contribution is 7.92. The first kappa shape index (κ1) is 23.1. The van der Waals surface area contributed by atoms with E-state index >= 15 is 0 Å². The fourth-order valence-electron chi connectivity index (χ4n) is 3.73. The summed E-state index contributed by atoms with van der Waals surface area (Å²) >= 11 is 0. The number of amides is 1. The van der Waals surface area contributed by atoms with Crippen LogP contribution in [0.25, 0.3) is 0 Å². The zero-order valence-corrected chi connectivity index (χ0v) is 19.9. The van der Waals surface area contributed by atoms with Gasteiger partial charge in [0, 0.05) is 5.54 Å². The van der Waals surface area contributed by atoms with E-state index in [1.54, 1.807) is 6.07 Å². The number of rotatable bonds is 5. The van der Waals surface area contributed by atoms with Gasteiger partial charge < -0.3 is 10.1 Å². The Morgan fingerprint density at radius 1 is 1.10 bits per heavy atom. The molecule has 0 saturated heterocycles. The minimum Gasteiger partial charge on any atom is -0.476 e. The molecule has 168 valence electrons. The topological polar surface area (TPSA) is 75.7 Å². The molecule has 0 radical (unpaired) electrons. The second-order valence-electron chi connectivity index (χ2n) is 9.87. The standard InChI is InChI=1S/C24H32N2O4S/c1-23(2,3)18-12-13-20-19(14-18)26(31(6,28)29)16-21(30-20)22(27)25-24(4,5)15-17-10-8-7-9-11-17/h7-14,21H,15-16H2,1-6H3,(H,25,27)/t21-/m1/s1. The number of anilines is 1. The highest BCUT2D eigenvalue weighted by Gasteiger charge is 2.37. The van der Waals surface area contributed by atoms with Crippen LogP contribution >= 0.6 is 0 Å². The summed E-state index contributed by atoms with van der Waals surface area (Å²) in [5.74, 6) is 0.0609. The molecule has 0 aliphatic carbocycles. The molecule has 31 heavy (non-hydrogen) atoms. The van der Waals surface area contributed by atoms with E-state index in [2.05, 4.69) is 26.1 Å². The Hall–Kier alpha value is -2.54. The number of nitrogens with one attached hydrogen (secondary N) is 1. The molecule has 0 unspecified atom stereocenters. The summed E-state index contributed by atoms with van der Waals surface area (Å²) in [7, 11) is -3.59. The highest BCUT2D eigenvalue weighted by atomic mass is 32.2. The molecule has 1 heterocycles. The van der Waals surface area contributed by atoms with Gasteiger partial charge in [-0.1, -0.05) is 57.2 Å². The van der Waals surface area contributed by atoms with Crippen molar-refractivity contribution >= 4 is 21.6 Å². The Bertz CT molecular complexity index is 1060. The SMILES string of the molecule is CC(C)(Cc1ccccc1)NC(=O)[C@H]1CN(S(C)(=O)=O)c2cc(C(C)(C)C)ccc2O1. The number of benzene rings is 2. The number of ether oxygens (including phenoxy) is 1. The second-order valence-corrected chi connectivity index (χ2v) is 11.8. The van der Waals surface area contributed by atoms with Gasteiger partial charge in [0.15, 0.2) is 6.10 Å². The molecule has 0 bridgehead atoms. The van der Waals surface area contributed by atoms with Crippen molar-refractivity contribution in [3.8, 4) is 5.75 Å². The summed E-state index contributed by atoms with van der Waals surface area (Å²) in [6.45, 7) is 10.0. The molecule has 1 amide bonds. The van der Waals surface area contributed by atoms with Crippen LogP contribution in [0.1, 0.15) is 45.7 Å². The number of fused-ring (bicyclic) bond motifs is 1. The lowest BCUT2D eigenvalue weighted by molar-refractivity contribution is -0.129. The molecule has 1 aliphatic heterocycles. The summed E-state index contributed by atoms with van der Waals surface area (Å²) in [5.41, 5.74) is 1.91. The van der Waals surface area contributed by atoms with Crippen molar-refractivity contribution in [3.05, 3.63) is 59.7 Å². The van der Waals surface area contributed by atoms with Gasteiger partial charge >= 0.3 is 0 Å². The maximum absolute atomic E-state index is 13.1. The predicted molar refractivity (Wildman–Crippen MR) is 124 cm³/mol. The zero-order chi connectivity index (χ0) is 23.0. The van der Waals surface area contributed by atoms with Crippen molar-refractivity contribution < 1.29 is 17.9 Å². The molecule has 7 heteroatoms. The molecule has 0 spiro atoms. The molecule has 1 atom stereocenters. The molecule has 6 nitrogen and oxygen atoms in total. The van der Waals surface area contributed by atoms with Crippen molar-refractivity contribution in [2.24, 2.45) is 0 Å². The first-order valence-corrected chi connectivity index (χ1v) is 12.3. The first-order valence-electron chi connectivity index (χ1n) is 10.4. The number of nitrogens with zero attached hydrogens (tertiary/aromatic N) is 1. The average molecular weight is 445 g/mol. The molecule has 0 aromatic heterocycles. The Labute approximate surface area is 185 Å². The maximum atomic E-state index is 13.1. The van der Waals surface area contributed by atoms with Crippen LogP contribution in [0.3, 0.4) is 0 Å². The van der Waals surface area contributed by atoms with Gasteiger partial charge in [0.2, 0.25) is 10.0 Å². The second kappa shape index (κ2) is 8.19. The van der Waals surface area contributed by atoms with E-state index in [0.29, 0.717) is 17.9 Å². The Morgan fingerprint density at radius 2 is 1.74 bits per heavy atom. The summed E-state index contributed by atoms with van der Waals surface area (Å²) < 4.78 is 32.3. The van der Waals surface area contributed by atoms with E-state index in [1.807, 2.05) is 56.3 Å². The van der Waals surface area contributed by atoms with E-state index in [9.17, 15) is 13.2 Å². The van der Waals surface area contributed by atoms with Gasteiger partial charge in [0.1, 0.15) is 5.75 Å². The smallest absolute Gasteiger partial charge is 0.263 e. The van der Waals surface area contributed by atoms with Gasteiger partial charge in [0.05, 0.1) is 18.5 Å². The molecule has 1 aliphatic rings. The van der Waals surface area contributed by atoms with E-state index in [1.165, 1.54) is 4.31 Å². The lowest BCUT2D eigenvalue weighted by atomic mass is 9.86. The van der Waals surface area contributed by atoms with Crippen LogP contribution in [-0.4, -0.2) is 38.8 Å². The monoisotopic (exact) mass is 444 g/mol. The normalized spacial score (nSPS) is 17.0. The van der Waals surface area contributed by atoms with Crippen LogP contribution in [0, 0.1) is 0 Å². The molecular weight excluding hydrogens is 412 g/mol. The third kappa shape index (κ3) is 5.58. The van der Waals surface area contributed by atoms with Gasteiger partial charge in [-0.05, 0) is 48.9 Å². The number of hydrogen-bond acceptors (Lipinski definition) is 4. The van der Waals surface area contributed by atoms with E-state index in [-0.39, 0.29) is 17.9 Å². The fourth-order valence-corrected chi connectivity index (χ4v) is 4.64. The van der Waals surface area contributed by atoms with Crippen molar-refractivity contribution in [3.63, 3.8) is 0 Å². The Balaban J connectivity index is 1.84. The highest BCUT2D eigenvalue weighted by Crippen LogP contribution is 2.38. The van der Waals surface area contributed by atoms with Crippen LogP contribution < -0.4 is 14.4 Å². The van der Waals surface area contributed by atoms with Crippen LogP contribution in [-0.2, 0) is 26.7 Å². The minimum atomic E-state index is -3.59. The lowest BCUT2D eigenvalue weighted by Crippen LogP contribution is -2.55. The number of carbonyl (C=O) groups is 1. The molecule has 1 N–H and O–H groups in total. The third-order valence-electron chi connectivity index (χ3n) is 5.34. The number of hydrogen-bond donors (Lipinski definition) is 1. The molecule has 0 fully saturated rings. The van der Waals surface area contributed by atoms with Crippen molar-refractivity contribution in [1.82, 2.24) is 5.32 Å². The van der Waals surface area contributed by atoms with Gasteiger partial charge in [-0.2, -0.15) is 0 Å². The van der Waals surface area contributed by atoms with Gasteiger partial charge in [0.25, 0.3) is 5.91 Å². The summed E-state index contributed by atoms with van der Waals surface area (Å²) in [4.78, 5) is 13.1. The van der Waals surface area contributed by atoms with Gasteiger partial charge in [-0.3, -0.25) is 9.10 Å². The quantitative estimate of drug-likeness (QED) is 0.764. The van der Waals surface area contributed by atoms with E-state index < -0.39 is 21.7 Å².